The zero-order chi connectivity index (χ0) is 19.3. The summed E-state index contributed by atoms with van der Waals surface area (Å²) < 4.78 is 6.63. The average Bonchev–Trinajstić information content (AvgIpc) is 3.08. The third kappa shape index (κ3) is 6.34. The van der Waals surface area contributed by atoms with Crippen LogP contribution in [0.4, 0.5) is 10.7 Å². The molecule has 8 nitrogen and oxygen atoms in total. The standard InChI is InChI=1S/C16H19Br2N5O3/c1-16(2,3)26-15(25)23-14-20-8-9(21-14)5-4-6-19-13(24)11-7-10(17)12(18)22-11/h4-5,7-8,22H,6H2,1-3H3,(H,19,24)(H2,20,21,23,25)/b5-4+. The lowest BCUT2D eigenvalue weighted by Gasteiger charge is -2.18. The van der Waals surface area contributed by atoms with Gasteiger partial charge in [0.2, 0.25) is 5.95 Å². The van der Waals surface area contributed by atoms with Crippen molar-refractivity contribution in [1.29, 1.82) is 0 Å². The predicted octanol–water partition coefficient (Wildman–Crippen LogP) is 4.05. The van der Waals surface area contributed by atoms with Crippen molar-refractivity contribution in [2.45, 2.75) is 26.4 Å². The molecule has 0 radical (unpaired) electrons. The highest BCUT2D eigenvalue weighted by atomic mass is 79.9. The summed E-state index contributed by atoms with van der Waals surface area (Å²) >= 11 is 6.60. The molecular formula is C16H19Br2N5O3. The van der Waals surface area contributed by atoms with E-state index in [9.17, 15) is 9.59 Å². The third-order valence-corrected chi connectivity index (χ3v) is 4.65. The number of nitrogens with zero attached hydrogens (tertiary/aromatic N) is 1. The van der Waals surface area contributed by atoms with Crippen molar-refractivity contribution in [2.75, 3.05) is 11.9 Å². The first kappa shape index (κ1) is 20.2. The van der Waals surface area contributed by atoms with Crippen LogP contribution in [0.2, 0.25) is 0 Å². The van der Waals surface area contributed by atoms with Gasteiger partial charge in [0.25, 0.3) is 5.91 Å². The first-order valence-corrected chi connectivity index (χ1v) is 9.26. The number of aromatic amines is 2. The molecule has 2 aromatic heterocycles. The predicted molar refractivity (Wildman–Crippen MR) is 106 cm³/mol. The van der Waals surface area contributed by atoms with Crippen LogP contribution in [0.1, 0.15) is 37.0 Å². The number of hydrogen-bond acceptors (Lipinski definition) is 4. The Morgan fingerprint density at radius 1 is 1.31 bits per heavy atom. The van der Waals surface area contributed by atoms with Gasteiger partial charge in [-0.25, -0.2) is 9.78 Å². The molecule has 0 aliphatic heterocycles. The monoisotopic (exact) mass is 487 g/mol. The minimum Gasteiger partial charge on any atom is -0.444 e. The molecule has 0 fully saturated rings. The minimum atomic E-state index is -0.585. The summed E-state index contributed by atoms with van der Waals surface area (Å²) in [5.41, 5.74) is 0.542. The lowest BCUT2D eigenvalue weighted by molar-refractivity contribution is 0.0634. The summed E-state index contributed by atoms with van der Waals surface area (Å²) in [6, 6.07) is 1.69. The van der Waals surface area contributed by atoms with E-state index < -0.39 is 11.7 Å². The van der Waals surface area contributed by atoms with E-state index in [-0.39, 0.29) is 11.9 Å². The molecule has 0 aliphatic rings. The number of nitrogens with one attached hydrogen (secondary N) is 4. The van der Waals surface area contributed by atoms with Crippen molar-refractivity contribution < 1.29 is 14.3 Å². The van der Waals surface area contributed by atoms with Crippen molar-refractivity contribution in [3.05, 3.63) is 38.8 Å². The lowest BCUT2D eigenvalue weighted by Crippen LogP contribution is -2.27. The van der Waals surface area contributed by atoms with Crippen LogP contribution in [-0.2, 0) is 4.74 Å². The number of rotatable bonds is 5. The molecule has 26 heavy (non-hydrogen) atoms. The largest absolute Gasteiger partial charge is 0.444 e. The van der Waals surface area contributed by atoms with Crippen molar-refractivity contribution in [2.24, 2.45) is 0 Å². The Hall–Kier alpha value is -2.07. The maximum atomic E-state index is 12.0. The second-order valence-corrected chi connectivity index (χ2v) is 7.92. The highest BCUT2D eigenvalue weighted by Crippen LogP contribution is 2.22. The maximum absolute atomic E-state index is 12.0. The fourth-order valence-electron chi connectivity index (χ4n) is 1.84. The summed E-state index contributed by atoms with van der Waals surface area (Å²) in [6.45, 7) is 5.67. The number of carbonyl (C=O) groups is 2. The lowest BCUT2D eigenvalue weighted by atomic mass is 10.2. The second-order valence-electron chi connectivity index (χ2n) is 6.27. The van der Waals surface area contributed by atoms with Crippen LogP contribution in [0, 0.1) is 0 Å². The van der Waals surface area contributed by atoms with Crippen LogP contribution in [0.3, 0.4) is 0 Å². The summed E-state index contributed by atoms with van der Waals surface area (Å²) in [7, 11) is 0. The molecule has 0 saturated heterocycles. The van der Waals surface area contributed by atoms with Crippen LogP contribution < -0.4 is 10.6 Å². The summed E-state index contributed by atoms with van der Waals surface area (Å²) in [5.74, 6) is 0.0574. The van der Waals surface area contributed by atoms with Gasteiger partial charge in [0, 0.05) is 6.54 Å². The molecule has 2 aromatic rings. The molecule has 2 rings (SSSR count). The Morgan fingerprint density at radius 3 is 2.65 bits per heavy atom. The Labute approximate surface area is 167 Å². The number of ether oxygens (including phenoxy) is 1. The molecule has 0 saturated carbocycles. The molecule has 0 atom stereocenters. The van der Waals surface area contributed by atoms with Gasteiger partial charge in [-0.15, -0.1) is 0 Å². The molecule has 0 bridgehead atoms. The van der Waals surface area contributed by atoms with Crippen LogP contribution in [-0.4, -0.2) is 39.1 Å². The van der Waals surface area contributed by atoms with E-state index in [1.807, 2.05) is 0 Å². The number of amides is 2. The molecule has 2 amide bonds. The molecule has 140 valence electrons. The van der Waals surface area contributed by atoms with Gasteiger partial charge in [0.15, 0.2) is 0 Å². The van der Waals surface area contributed by atoms with Gasteiger partial charge in [-0.1, -0.05) is 6.08 Å². The van der Waals surface area contributed by atoms with E-state index in [4.69, 9.17) is 4.74 Å². The molecule has 2 heterocycles. The number of carbonyl (C=O) groups excluding carboxylic acids is 2. The zero-order valence-corrected chi connectivity index (χ0v) is 17.6. The Bertz CT molecular complexity index is 801. The highest BCUT2D eigenvalue weighted by molar-refractivity contribution is 9.13. The molecular weight excluding hydrogens is 470 g/mol. The van der Waals surface area contributed by atoms with Crippen molar-refractivity contribution in [3.8, 4) is 0 Å². The van der Waals surface area contributed by atoms with Crippen LogP contribution >= 0.6 is 31.9 Å². The molecule has 4 N–H and O–H groups in total. The Morgan fingerprint density at radius 2 is 2.04 bits per heavy atom. The fraction of sp³-hybridized carbons (Fsp3) is 0.312. The number of imidazole rings is 1. The molecule has 0 unspecified atom stereocenters. The molecule has 0 aromatic carbocycles. The first-order chi connectivity index (χ1) is 12.1. The van der Waals surface area contributed by atoms with Crippen LogP contribution in [0.5, 0.6) is 0 Å². The van der Waals surface area contributed by atoms with E-state index in [1.54, 1.807) is 45.2 Å². The number of anilines is 1. The number of hydrogen-bond donors (Lipinski definition) is 4. The topological polar surface area (TPSA) is 112 Å². The van der Waals surface area contributed by atoms with Crippen molar-refractivity contribution in [1.82, 2.24) is 20.3 Å². The first-order valence-electron chi connectivity index (χ1n) is 7.68. The summed E-state index contributed by atoms with van der Waals surface area (Å²) in [6.07, 6.45) is 4.48. The Balaban J connectivity index is 1.81. The third-order valence-electron chi connectivity index (χ3n) is 2.86. The normalized spacial score (nSPS) is 11.6. The van der Waals surface area contributed by atoms with Crippen molar-refractivity contribution >= 4 is 55.9 Å². The molecule has 0 aliphatic carbocycles. The number of aromatic nitrogens is 3. The summed E-state index contributed by atoms with van der Waals surface area (Å²) in [5, 5.41) is 5.26. The smallest absolute Gasteiger partial charge is 0.414 e. The highest BCUT2D eigenvalue weighted by Gasteiger charge is 2.16. The molecule has 10 heteroatoms. The van der Waals surface area contributed by atoms with Gasteiger partial charge in [-0.2, -0.15) is 0 Å². The van der Waals surface area contributed by atoms with Crippen LogP contribution in [0.25, 0.3) is 6.08 Å². The van der Waals surface area contributed by atoms with E-state index >= 15 is 0 Å². The van der Waals surface area contributed by atoms with E-state index in [0.717, 1.165) is 4.47 Å². The Kier molecular flexibility index (Phi) is 6.65. The molecule has 0 spiro atoms. The van der Waals surface area contributed by atoms with Gasteiger partial charge in [-0.3, -0.25) is 10.1 Å². The van der Waals surface area contributed by atoms with Gasteiger partial charge in [0.05, 0.1) is 21.0 Å². The van der Waals surface area contributed by atoms with Gasteiger partial charge >= 0.3 is 6.09 Å². The van der Waals surface area contributed by atoms with Crippen molar-refractivity contribution in [3.63, 3.8) is 0 Å². The second kappa shape index (κ2) is 8.54. The number of halogens is 2. The SMILES string of the molecule is CC(C)(C)OC(=O)Nc1ncc(/C=C/CNC(=O)c2cc(Br)c(Br)[nH]2)[nH]1. The van der Waals surface area contributed by atoms with Gasteiger partial charge < -0.3 is 20.0 Å². The quantitative estimate of drug-likeness (QED) is 0.508. The number of H-pyrrole nitrogens is 2. The van der Waals surface area contributed by atoms with E-state index in [1.165, 1.54) is 0 Å². The van der Waals surface area contributed by atoms with Gasteiger partial charge in [-0.05, 0) is 64.8 Å². The summed E-state index contributed by atoms with van der Waals surface area (Å²) in [4.78, 5) is 33.5. The average molecular weight is 489 g/mol. The van der Waals surface area contributed by atoms with Gasteiger partial charge in [0.1, 0.15) is 11.3 Å². The maximum Gasteiger partial charge on any atom is 0.414 e. The zero-order valence-electron chi connectivity index (χ0n) is 14.4. The van der Waals surface area contributed by atoms with E-state index in [0.29, 0.717) is 22.5 Å². The van der Waals surface area contributed by atoms with Crippen LogP contribution in [0.15, 0.2) is 27.4 Å². The fourth-order valence-corrected chi connectivity index (χ4v) is 2.50. The van der Waals surface area contributed by atoms with E-state index in [2.05, 4.69) is 57.4 Å². The minimum absolute atomic E-state index is 0.224.